The molecule has 0 saturated carbocycles. The lowest BCUT2D eigenvalue weighted by atomic mass is 10.0. The Labute approximate surface area is 255 Å². The summed E-state index contributed by atoms with van der Waals surface area (Å²) in [7, 11) is 0. The van der Waals surface area contributed by atoms with Crippen LogP contribution in [0.3, 0.4) is 0 Å². The number of nitrogens with one attached hydrogen (secondary N) is 3. The minimum absolute atomic E-state index is 0.120. The van der Waals surface area contributed by atoms with Crippen molar-refractivity contribution in [3.63, 3.8) is 0 Å². The lowest BCUT2D eigenvalue weighted by molar-refractivity contribution is -0.384. The van der Waals surface area contributed by atoms with Gasteiger partial charge in [-0.2, -0.15) is 0 Å². The summed E-state index contributed by atoms with van der Waals surface area (Å²) < 4.78 is 0. The maximum absolute atomic E-state index is 13.8. The Morgan fingerprint density at radius 1 is 0.864 bits per heavy atom. The van der Waals surface area contributed by atoms with Gasteiger partial charge in [-0.25, -0.2) is 0 Å². The van der Waals surface area contributed by atoms with E-state index in [0.717, 1.165) is 11.1 Å². The van der Waals surface area contributed by atoms with Crippen molar-refractivity contribution >= 4 is 35.0 Å². The van der Waals surface area contributed by atoms with E-state index in [4.69, 9.17) is 5.73 Å². The fourth-order valence-corrected chi connectivity index (χ4v) is 5.08. The highest BCUT2D eigenvalue weighted by Gasteiger charge is 2.39. The summed E-state index contributed by atoms with van der Waals surface area (Å²) in [6.45, 7) is 1.84. The second kappa shape index (κ2) is 14.9. The number of hydrogen-bond acceptors (Lipinski definition) is 7. The average Bonchev–Trinajstić information content (AvgIpc) is 3.51. The molecule has 0 spiro atoms. The van der Waals surface area contributed by atoms with E-state index < -0.39 is 52.7 Å². The standard InChI is InChI=1S/C32H36N6O6/c1-21(33)29(39)36-27(20-23-11-6-3-7-12-23)32(42)37-18-8-13-28(37)31(41)35-26(19-22-9-4-2-5-10-22)30(40)34-24-14-16-25(17-15-24)38(43)44/h2-7,9-12,14-17,21,26-28H,8,13,18-20,33H2,1H3,(H,34,40)(H,35,41)(H,36,39)/t21-,26-,27-,28-/m0/s1. The number of non-ortho nitro benzene ring substituents is 1. The molecule has 0 radical (unpaired) electrons. The van der Waals surface area contributed by atoms with Gasteiger partial charge in [0.1, 0.15) is 18.1 Å². The van der Waals surface area contributed by atoms with E-state index in [2.05, 4.69) is 16.0 Å². The molecule has 5 N–H and O–H groups in total. The molecule has 0 unspecified atom stereocenters. The zero-order valence-electron chi connectivity index (χ0n) is 24.3. The summed E-state index contributed by atoms with van der Waals surface area (Å²) in [5.41, 5.74) is 7.61. The van der Waals surface area contributed by atoms with Crippen LogP contribution in [-0.4, -0.2) is 64.2 Å². The summed E-state index contributed by atoms with van der Waals surface area (Å²) in [6.07, 6.45) is 1.35. The fourth-order valence-electron chi connectivity index (χ4n) is 5.08. The summed E-state index contributed by atoms with van der Waals surface area (Å²) in [4.78, 5) is 65.3. The Bertz CT molecular complexity index is 1470. The molecule has 0 aromatic heterocycles. The predicted molar refractivity (Wildman–Crippen MR) is 164 cm³/mol. The highest BCUT2D eigenvalue weighted by atomic mass is 16.6. The van der Waals surface area contributed by atoms with Crippen molar-refractivity contribution in [1.29, 1.82) is 0 Å². The largest absolute Gasteiger partial charge is 0.343 e. The molecule has 4 amide bonds. The zero-order valence-corrected chi connectivity index (χ0v) is 24.3. The molecule has 1 fully saturated rings. The minimum Gasteiger partial charge on any atom is -0.343 e. The molecule has 4 rings (SSSR count). The van der Waals surface area contributed by atoms with Gasteiger partial charge in [0.05, 0.1) is 11.0 Å². The summed E-state index contributed by atoms with van der Waals surface area (Å²) in [6, 6.07) is 20.1. The van der Waals surface area contributed by atoms with Crippen molar-refractivity contribution in [2.75, 3.05) is 11.9 Å². The quantitative estimate of drug-likeness (QED) is 0.182. The molecule has 3 aromatic carbocycles. The Hall–Kier alpha value is -5.10. The van der Waals surface area contributed by atoms with Gasteiger partial charge < -0.3 is 26.6 Å². The number of hydrogen-bond donors (Lipinski definition) is 4. The smallest absolute Gasteiger partial charge is 0.269 e. The van der Waals surface area contributed by atoms with Crippen molar-refractivity contribution in [3.8, 4) is 0 Å². The van der Waals surface area contributed by atoms with Crippen LogP contribution in [0.15, 0.2) is 84.9 Å². The third kappa shape index (κ3) is 8.48. The molecule has 0 bridgehead atoms. The Kier molecular flexibility index (Phi) is 10.8. The molecule has 44 heavy (non-hydrogen) atoms. The van der Waals surface area contributed by atoms with Crippen molar-refractivity contribution in [2.24, 2.45) is 5.73 Å². The number of benzene rings is 3. The predicted octanol–water partition coefficient (Wildman–Crippen LogP) is 2.33. The SMILES string of the molecule is C[C@H](N)C(=O)N[C@@H](Cc1ccccc1)C(=O)N1CCC[C@H]1C(=O)N[C@@H](Cc1ccccc1)C(=O)Nc1ccc([N+](=O)[O-])cc1. The molecule has 1 heterocycles. The van der Waals surface area contributed by atoms with Gasteiger partial charge >= 0.3 is 0 Å². The fraction of sp³-hybridized carbons (Fsp3) is 0.312. The third-order valence-corrected chi connectivity index (χ3v) is 7.41. The van der Waals surface area contributed by atoms with Gasteiger partial charge in [-0.15, -0.1) is 0 Å². The highest BCUT2D eigenvalue weighted by molar-refractivity contribution is 5.99. The van der Waals surface area contributed by atoms with Gasteiger partial charge in [-0.1, -0.05) is 60.7 Å². The lowest BCUT2D eigenvalue weighted by Crippen LogP contribution is -2.57. The number of carbonyl (C=O) groups excluding carboxylic acids is 4. The van der Waals surface area contributed by atoms with Crippen LogP contribution in [0, 0.1) is 10.1 Å². The number of nitrogens with zero attached hydrogens (tertiary/aromatic N) is 2. The van der Waals surface area contributed by atoms with E-state index in [-0.39, 0.29) is 18.5 Å². The number of amides is 4. The van der Waals surface area contributed by atoms with Crippen LogP contribution in [-0.2, 0) is 32.0 Å². The van der Waals surface area contributed by atoms with Gasteiger partial charge in [-0.05, 0) is 43.0 Å². The number of nitro groups is 1. The van der Waals surface area contributed by atoms with Gasteiger partial charge in [0, 0.05) is 37.2 Å². The van der Waals surface area contributed by atoms with Crippen LogP contribution in [0.4, 0.5) is 11.4 Å². The first kappa shape index (κ1) is 31.8. The number of anilines is 1. The van der Waals surface area contributed by atoms with Crippen LogP contribution < -0.4 is 21.7 Å². The number of nitrogens with two attached hydrogens (primary N) is 1. The van der Waals surface area contributed by atoms with Gasteiger partial charge in [0.15, 0.2) is 0 Å². The second-order valence-corrected chi connectivity index (χ2v) is 10.8. The van der Waals surface area contributed by atoms with Gasteiger partial charge in [0.2, 0.25) is 23.6 Å². The van der Waals surface area contributed by atoms with Crippen molar-refractivity contribution in [2.45, 2.75) is 56.8 Å². The van der Waals surface area contributed by atoms with Gasteiger partial charge in [0.25, 0.3) is 5.69 Å². The number of rotatable bonds is 12. The molecule has 0 aliphatic carbocycles. The summed E-state index contributed by atoms with van der Waals surface area (Å²) >= 11 is 0. The topological polar surface area (TPSA) is 177 Å². The number of likely N-dealkylation sites (tertiary alicyclic amines) is 1. The van der Waals surface area contributed by atoms with Crippen molar-refractivity contribution in [3.05, 3.63) is 106 Å². The molecule has 4 atom stereocenters. The minimum atomic E-state index is -1.00. The van der Waals surface area contributed by atoms with Crippen LogP contribution in [0.2, 0.25) is 0 Å². The second-order valence-electron chi connectivity index (χ2n) is 10.8. The molecular weight excluding hydrogens is 564 g/mol. The normalized spacial score (nSPS) is 16.3. The molecule has 12 nitrogen and oxygen atoms in total. The van der Waals surface area contributed by atoms with Crippen LogP contribution in [0.1, 0.15) is 30.9 Å². The van der Waals surface area contributed by atoms with E-state index in [1.54, 1.807) is 0 Å². The number of carbonyl (C=O) groups is 4. The number of nitro benzene ring substituents is 1. The third-order valence-electron chi connectivity index (χ3n) is 7.41. The van der Waals surface area contributed by atoms with E-state index in [1.807, 2.05) is 60.7 Å². The van der Waals surface area contributed by atoms with E-state index >= 15 is 0 Å². The average molecular weight is 601 g/mol. The maximum atomic E-state index is 13.8. The molecule has 3 aromatic rings. The van der Waals surface area contributed by atoms with E-state index in [9.17, 15) is 29.3 Å². The van der Waals surface area contributed by atoms with E-state index in [1.165, 1.54) is 36.1 Å². The van der Waals surface area contributed by atoms with Gasteiger partial charge in [-0.3, -0.25) is 29.3 Å². The molecule has 12 heteroatoms. The van der Waals surface area contributed by atoms with Crippen LogP contribution in [0.5, 0.6) is 0 Å². The Balaban J connectivity index is 1.51. The maximum Gasteiger partial charge on any atom is 0.269 e. The molecule has 230 valence electrons. The molecule has 1 aliphatic heterocycles. The molecule has 1 saturated heterocycles. The first-order valence-electron chi connectivity index (χ1n) is 14.4. The Morgan fingerprint density at radius 3 is 1.98 bits per heavy atom. The monoisotopic (exact) mass is 600 g/mol. The summed E-state index contributed by atoms with van der Waals surface area (Å²) in [5, 5.41) is 19.3. The van der Waals surface area contributed by atoms with E-state index in [0.29, 0.717) is 25.1 Å². The first-order valence-corrected chi connectivity index (χ1v) is 14.4. The molecule has 1 aliphatic rings. The highest BCUT2D eigenvalue weighted by Crippen LogP contribution is 2.21. The van der Waals surface area contributed by atoms with Crippen molar-refractivity contribution < 1.29 is 24.1 Å². The van der Waals surface area contributed by atoms with Crippen LogP contribution in [0.25, 0.3) is 0 Å². The van der Waals surface area contributed by atoms with Crippen molar-refractivity contribution in [1.82, 2.24) is 15.5 Å². The zero-order chi connectivity index (χ0) is 31.6. The molecular formula is C32H36N6O6. The first-order chi connectivity index (χ1) is 21.1. The van der Waals surface area contributed by atoms with Crippen LogP contribution >= 0.6 is 0 Å². The Morgan fingerprint density at radius 2 is 1.43 bits per heavy atom. The summed E-state index contributed by atoms with van der Waals surface area (Å²) in [5.74, 6) is -1.90. The lowest BCUT2D eigenvalue weighted by Gasteiger charge is -2.30.